The molecule has 1 atom stereocenters. The lowest BCUT2D eigenvalue weighted by atomic mass is 10.1. The van der Waals surface area contributed by atoms with Crippen molar-refractivity contribution in [2.24, 2.45) is 5.92 Å². The standard InChI is InChI=1S/C11H13ClO2S/c1-2-14-11(7-3-4-7)10(13)8-5-6-9(12)15-8/h5-7,11H,2-4H2,1H3. The van der Waals surface area contributed by atoms with E-state index in [0.29, 0.717) is 21.7 Å². The van der Waals surface area contributed by atoms with Gasteiger partial charge in [-0.1, -0.05) is 11.6 Å². The average Bonchev–Trinajstić information content (AvgIpc) is 2.96. The van der Waals surface area contributed by atoms with Crippen molar-refractivity contribution in [1.29, 1.82) is 0 Å². The maximum absolute atomic E-state index is 12.1. The zero-order valence-corrected chi connectivity index (χ0v) is 10.1. The Hall–Kier alpha value is -0.380. The molecule has 1 aromatic rings. The third-order valence-electron chi connectivity index (χ3n) is 2.47. The summed E-state index contributed by atoms with van der Waals surface area (Å²) in [7, 11) is 0. The minimum atomic E-state index is -0.246. The van der Waals surface area contributed by atoms with Crippen molar-refractivity contribution in [2.75, 3.05) is 6.61 Å². The summed E-state index contributed by atoms with van der Waals surface area (Å²) in [6.07, 6.45) is 1.97. The number of ketones is 1. The second-order valence-electron chi connectivity index (χ2n) is 3.68. The van der Waals surface area contributed by atoms with Gasteiger partial charge in [0.15, 0.2) is 0 Å². The fraction of sp³-hybridized carbons (Fsp3) is 0.545. The number of carbonyl (C=O) groups excluding carboxylic acids is 1. The summed E-state index contributed by atoms with van der Waals surface area (Å²) in [5, 5.41) is 0. The highest BCUT2D eigenvalue weighted by molar-refractivity contribution is 7.18. The summed E-state index contributed by atoms with van der Waals surface area (Å²) in [6, 6.07) is 3.54. The van der Waals surface area contributed by atoms with E-state index in [-0.39, 0.29) is 11.9 Å². The third kappa shape index (κ3) is 2.60. The summed E-state index contributed by atoms with van der Waals surface area (Å²) in [5.74, 6) is 0.523. The average molecular weight is 245 g/mol. The van der Waals surface area contributed by atoms with E-state index in [9.17, 15) is 4.79 Å². The van der Waals surface area contributed by atoms with Gasteiger partial charge in [0, 0.05) is 6.61 Å². The van der Waals surface area contributed by atoms with Crippen molar-refractivity contribution in [3.63, 3.8) is 0 Å². The summed E-state index contributed by atoms with van der Waals surface area (Å²) >= 11 is 7.14. The van der Waals surface area contributed by atoms with Gasteiger partial charge < -0.3 is 4.74 Å². The van der Waals surface area contributed by atoms with Crippen LogP contribution in [0.4, 0.5) is 0 Å². The fourth-order valence-corrected chi connectivity index (χ4v) is 2.60. The molecule has 1 unspecified atom stereocenters. The first kappa shape index (κ1) is 11.1. The number of halogens is 1. The largest absolute Gasteiger partial charge is 0.370 e. The van der Waals surface area contributed by atoms with Gasteiger partial charge in [-0.2, -0.15) is 0 Å². The second-order valence-corrected chi connectivity index (χ2v) is 5.40. The maximum atomic E-state index is 12.1. The molecular formula is C11H13ClO2S. The predicted octanol–water partition coefficient (Wildman–Crippen LogP) is 3.40. The molecule has 4 heteroatoms. The van der Waals surface area contributed by atoms with Crippen LogP contribution in [-0.4, -0.2) is 18.5 Å². The molecule has 15 heavy (non-hydrogen) atoms. The van der Waals surface area contributed by atoms with E-state index in [1.807, 2.05) is 6.92 Å². The van der Waals surface area contributed by atoms with E-state index in [1.54, 1.807) is 12.1 Å². The molecule has 0 amide bonds. The molecule has 1 heterocycles. The van der Waals surface area contributed by atoms with Crippen LogP contribution in [0.5, 0.6) is 0 Å². The van der Waals surface area contributed by atoms with Crippen molar-refractivity contribution in [3.8, 4) is 0 Å². The van der Waals surface area contributed by atoms with Crippen molar-refractivity contribution in [2.45, 2.75) is 25.9 Å². The molecule has 0 radical (unpaired) electrons. The fourth-order valence-electron chi connectivity index (χ4n) is 1.59. The van der Waals surface area contributed by atoms with Crippen molar-refractivity contribution in [3.05, 3.63) is 21.3 Å². The molecule has 0 bridgehead atoms. The number of carbonyl (C=O) groups is 1. The van der Waals surface area contributed by atoms with Crippen molar-refractivity contribution in [1.82, 2.24) is 0 Å². The summed E-state index contributed by atoms with van der Waals surface area (Å²) < 4.78 is 6.16. The lowest BCUT2D eigenvalue weighted by molar-refractivity contribution is 0.0378. The Bertz CT molecular complexity index is 357. The Balaban J connectivity index is 2.10. The van der Waals surface area contributed by atoms with Gasteiger partial charge in [0.2, 0.25) is 5.78 Å². The first-order chi connectivity index (χ1) is 7.22. The highest BCUT2D eigenvalue weighted by Gasteiger charge is 2.37. The van der Waals surface area contributed by atoms with E-state index in [2.05, 4.69) is 0 Å². The van der Waals surface area contributed by atoms with E-state index in [0.717, 1.165) is 12.8 Å². The van der Waals surface area contributed by atoms with Gasteiger partial charge in [0.05, 0.1) is 9.21 Å². The Kier molecular flexibility index (Phi) is 3.44. The van der Waals surface area contributed by atoms with Crippen LogP contribution in [0.1, 0.15) is 29.4 Å². The van der Waals surface area contributed by atoms with E-state index in [4.69, 9.17) is 16.3 Å². The molecule has 1 saturated carbocycles. The number of Topliss-reactive ketones (excluding diaryl/α,β-unsaturated/α-hetero) is 1. The highest BCUT2D eigenvalue weighted by Crippen LogP contribution is 2.37. The third-order valence-corrected chi connectivity index (χ3v) is 3.72. The Morgan fingerprint density at radius 2 is 2.40 bits per heavy atom. The molecule has 0 N–H and O–H groups in total. The van der Waals surface area contributed by atoms with Crippen LogP contribution in [0, 0.1) is 5.92 Å². The van der Waals surface area contributed by atoms with Crippen LogP contribution >= 0.6 is 22.9 Å². The van der Waals surface area contributed by atoms with Gasteiger partial charge in [-0.25, -0.2) is 0 Å². The van der Waals surface area contributed by atoms with Crippen LogP contribution in [0.2, 0.25) is 4.34 Å². The minimum absolute atomic E-state index is 0.0938. The van der Waals surface area contributed by atoms with Crippen LogP contribution in [0.25, 0.3) is 0 Å². The van der Waals surface area contributed by atoms with Gasteiger partial charge in [-0.05, 0) is 37.8 Å². The molecule has 0 aliphatic heterocycles. The van der Waals surface area contributed by atoms with E-state index < -0.39 is 0 Å². The monoisotopic (exact) mass is 244 g/mol. The van der Waals surface area contributed by atoms with Crippen LogP contribution < -0.4 is 0 Å². The number of hydrogen-bond donors (Lipinski definition) is 0. The van der Waals surface area contributed by atoms with Crippen LogP contribution in [0.15, 0.2) is 12.1 Å². The van der Waals surface area contributed by atoms with Crippen molar-refractivity contribution < 1.29 is 9.53 Å². The zero-order valence-electron chi connectivity index (χ0n) is 8.53. The SMILES string of the molecule is CCOC(C(=O)c1ccc(Cl)s1)C1CC1. The van der Waals surface area contributed by atoms with E-state index >= 15 is 0 Å². The first-order valence-corrected chi connectivity index (χ1v) is 6.33. The van der Waals surface area contributed by atoms with E-state index in [1.165, 1.54) is 11.3 Å². The topological polar surface area (TPSA) is 26.3 Å². The van der Waals surface area contributed by atoms with Gasteiger partial charge in [0.25, 0.3) is 0 Å². The lowest BCUT2D eigenvalue weighted by Crippen LogP contribution is -2.26. The molecule has 2 nitrogen and oxygen atoms in total. The molecule has 1 aliphatic carbocycles. The first-order valence-electron chi connectivity index (χ1n) is 5.13. The van der Waals surface area contributed by atoms with Gasteiger partial charge in [-0.15, -0.1) is 11.3 Å². The molecular weight excluding hydrogens is 232 g/mol. The summed E-state index contributed by atoms with van der Waals surface area (Å²) in [6.45, 7) is 2.51. The molecule has 1 aliphatic rings. The Morgan fingerprint density at radius 1 is 1.67 bits per heavy atom. The highest BCUT2D eigenvalue weighted by atomic mass is 35.5. The quantitative estimate of drug-likeness (QED) is 0.742. The zero-order chi connectivity index (χ0) is 10.8. The Labute approximate surface area is 98.2 Å². The van der Waals surface area contributed by atoms with Crippen molar-refractivity contribution >= 4 is 28.7 Å². The Morgan fingerprint density at radius 3 is 2.87 bits per heavy atom. The van der Waals surface area contributed by atoms with Gasteiger partial charge >= 0.3 is 0 Å². The lowest BCUT2D eigenvalue weighted by Gasteiger charge is -2.13. The minimum Gasteiger partial charge on any atom is -0.370 e. The molecule has 1 aromatic heterocycles. The number of ether oxygens (including phenoxy) is 1. The molecule has 82 valence electrons. The van der Waals surface area contributed by atoms with Crippen LogP contribution in [0.3, 0.4) is 0 Å². The molecule has 0 aromatic carbocycles. The normalized spacial score (nSPS) is 17.7. The smallest absolute Gasteiger partial charge is 0.201 e. The maximum Gasteiger partial charge on any atom is 0.201 e. The molecule has 1 fully saturated rings. The molecule has 0 saturated heterocycles. The summed E-state index contributed by atoms with van der Waals surface area (Å²) in [4.78, 5) is 12.8. The second kappa shape index (κ2) is 4.64. The predicted molar refractivity (Wildman–Crippen MR) is 61.8 cm³/mol. The number of rotatable bonds is 5. The molecule has 0 spiro atoms. The van der Waals surface area contributed by atoms with Crippen LogP contribution in [-0.2, 0) is 4.74 Å². The number of thiophene rings is 1. The molecule has 2 rings (SSSR count). The summed E-state index contributed by atoms with van der Waals surface area (Å²) in [5.41, 5.74) is 0. The van der Waals surface area contributed by atoms with Gasteiger partial charge in [0.1, 0.15) is 6.10 Å². The van der Waals surface area contributed by atoms with Gasteiger partial charge in [-0.3, -0.25) is 4.79 Å². The number of hydrogen-bond acceptors (Lipinski definition) is 3.